The molecule has 3 aromatic rings. The zero-order valence-corrected chi connectivity index (χ0v) is 16.5. The summed E-state index contributed by atoms with van der Waals surface area (Å²) in [6, 6.07) is 12.0. The maximum atomic E-state index is 13.5. The van der Waals surface area contributed by atoms with Gasteiger partial charge in [-0.2, -0.15) is 0 Å². The highest BCUT2D eigenvalue weighted by atomic mass is 35.5. The monoisotopic (exact) mass is 404 g/mol. The van der Waals surface area contributed by atoms with Crippen molar-refractivity contribution in [2.45, 2.75) is 9.79 Å². The molecule has 3 heterocycles. The van der Waals surface area contributed by atoms with Crippen LogP contribution in [0, 0.1) is 0 Å². The van der Waals surface area contributed by atoms with Crippen LogP contribution in [-0.2, 0) is 9.84 Å². The van der Waals surface area contributed by atoms with E-state index in [2.05, 4.69) is 15.5 Å². The lowest BCUT2D eigenvalue weighted by Crippen LogP contribution is -2.44. The number of aromatic nitrogens is 1. The van der Waals surface area contributed by atoms with Crippen LogP contribution in [0.4, 0.5) is 11.5 Å². The molecule has 0 aliphatic carbocycles. The zero-order chi connectivity index (χ0) is 19.0. The molecule has 1 saturated heterocycles. The Bertz CT molecular complexity index is 1090. The number of pyridine rings is 1. The average molecular weight is 405 g/mol. The van der Waals surface area contributed by atoms with E-state index in [1.54, 1.807) is 25.2 Å². The van der Waals surface area contributed by atoms with Crippen molar-refractivity contribution in [2.24, 2.45) is 0 Å². The SMILES string of the molecule is CNc1c(S(=O)(=O)c2cccc(Cl)c2)c2ccccn2c1N1CCNCC1. The molecule has 1 aliphatic rings. The van der Waals surface area contributed by atoms with Gasteiger partial charge in [0.25, 0.3) is 0 Å². The van der Waals surface area contributed by atoms with E-state index in [4.69, 9.17) is 11.6 Å². The molecule has 2 N–H and O–H groups in total. The fourth-order valence-corrected chi connectivity index (χ4v) is 5.53. The minimum Gasteiger partial charge on any atom is -0.384 e. The summed E-state index contributed by atoms with van der Waals surface area (Å²) in [6.45, 7) is 3.35. The predicted octanol–water partition coefficient (Wildman–Crippen LogP) is 2.88. The van der Waals surface area contributed by atoms with Crippen molar-refractivity contribution < 1.29 is 8.42 Å². The molecule has 0 atom stereocenters. The van der Waals surface area contributed by atoms with Crippen LogP contribution >= 0.6 is 11.6 Å². The second-order valence-corrected chi connectivity index (χ2v) is 8.75. The smallest absolute Gasteiger partial charge is 0.210 e. The molecule has 0 saturated carbocycles. The number of rotatable bonds is 4. The first-order valence-corrected chi connectivity index (χ1v) is 10.7. The summed E-state index contributed by atoms with van der Waals surface area (Å²) >= 11 is 6.06. The Morgan fingerprint density at radius 1 is 1.11 bits per heavy atom. The maximum Gasteiger partial charge on any atom is 0.210 e. The van der Waals surface area contributed by atoms with E-state index in [-0.39, 0.29) is 9.79 Å². The van der Waals surface area contributed by atoms with Crippen LogP contribution in [0.2, 0.25) is 5.02 Å². The summed E-state index contributed by atoms with van der Waals surface area (Å²) in [4.78, 5) is 2.68. The van der Waals surface area contributed by atoms with Crippen molar-refractivity contribution in [2.75, 3.05) is 43.4 Å². The first-order valence-electron chi connectivity index (χ1n) is 8.81. The van der Waals surface area contributed by atoms with E-state index in [0.29, 0.717) is 16.2 Å². The lowest BCUT2D eigenvalue weighted by molar-refractivity contribution is 0.584. The molecule has 8 heteroatoms. The van der Waals surface area contributed by atoms with Crippen molar-refractivity contribution in [3.63, 3.8) is 0 Å². The highest BCUT2D eigenvalue weighted by Crippen LogP contribution is 2.41. The van der Waals surface area contributed by atoms with E-state index >= 15 is 0 Å². The van der Waals surface area contributed by atoms with Gasteiger partial charge in [-0.25, -0.2) is 8.42 Å². The first kappa shape index (κ1) is 18.2. The number of sulfone groups is 1. The number of halogens is 1. The molecule has 1 fully saturated rings. The number of hydrogen-bond donors (Lipinski definition) is 2. The third kappa shape index (κ3) is 3.05. The van der Waals surface area contributed by atoms with Gasteiger partial charge in [0.05, 0.1) is 16.1 Å². The molecule has 142 valence electrons. The van der Waals surface area contributed by atoms with Crippen LogP contribution in [0.1, 0.15) is 0 Å². The summed E-state index contributed by atoms with van der Waals surface area (Å²) in [6.07, 6.45) is 1.91. The third-order valence-corrected chi connectivity index (χ3v) is 6.87. The molecule has 1 aromatic carbocycles. The Hall–Kier alpha value is -2.22. The molecule has 6 nitrogen and oxygen atoms in total. The number of nitrogens with zero attached hydrogens (tertiary/aromatic N) is 2. The van der Waals surface area contributed by atoms with Gasteiger partial charge in [-0.3, -0.25) is 0 Å². The quantitative estimate of drug-likeness (QED) is 0.700. The molecule has 0 radical (unpaired) electrons. The lowest BCUT2D eigenvalue weighted by Gasteiger charge is -2.30. The van der Waals surface area contributed by atoms with Crippen LogP contribution in [0.3, 0.4) is 0 Å². The molecule has 0 amide bonds. The summed E-state index contributed by atoms with van der Waals surface area (Å²) in [5, 5.41) is 6.88. The number of hydrogen-bond acceptors (Lipinski definition) is 5. The van der Waals surface area contributed by atoms with Gasteiger partial charge >= 0.3 is 0 Å². The number of benzene rings is 1. The van der Waals surface area contributed by atoms with Crippen LogP contribution in [0.5, 0.6) is 0 Å². The molecule has 0 bridgehead atoms. The minimum absolute atomic E-state index is 0.190. The Morgan fingerprint density at radius 2 is 1.89 bits per heavy atom. The fraction of sp³-hybridized carbons (Fsp3) is 0.263. The van der Waals surface area contributed by atoms with Crippen LogP contribution in [0.25, 0.3) is 5.52 Å². The normalized spacial score (nSPS) is 15.3. The van der Waals surface area contributed by atoms with E-state index in [1.165, 1.54) is 6.07 Å². The second kappa shape index (κ2) is 7.07. The maximum absolute atomic E-state index is 13.5. The van der Waals surface area contributed by atoms with Crippen LogP contribution in [-0.4, -0.2) is 46.0 Å². The Morgan fingerprint density at radius 3 is 2.59 bits per heavy atom. The summed E-state index contributed by atoms with van der Waals surface area (Å²) < 4.78 is 29.0. The number of nitrogens with one attached hydrogen (secondary N) is 2. The first-order chi connectivity index (χ1) is 13.0. The molecule has 0 unspecified atom stereocenters. The van der Waals surface area contributed by atoms with Crippen LogP contribution < -0.4 is 15.5 Å². The highest BCUT2D eigenvalue weighted by Gasteiger charge is 2.31. The largest absolute Gasteiger partial charge is 0.384 e. The van der Waals surface area contributed by atoms with Gasteiger partial charge in [-0.1, -0.05) is 23.7 Å². The van der Waals surface area contributed by atoms with E-state index in [0.717, 1.165) is 32.0 Å². The van der Waals surface area contributed by atoms with Crippen molar-refractivity contribution in [1.29, 1.82) is 0 Å². The Balaban J connectivity index is 2.01. The Kier molecular flexibility index (Phi) is 4.75. The highest BCUT2D eigenvalue weighted by molar-refractivity contribution is 7.92. The molecule has 0 spiro atoms. The standard InChI is InChI=1S/C19H21ClN4O2S/c1-21-17-18(27(25,26)15-6-4-5-14(20)13-15)16-7-2-3-10-24(16)19(17)23-11-8-22-9-12-23/h2-7,10,13,21-22H,8-9,11-12H2,1H3. The Labute approximate surface area is 163 Å². The molecule has 27 heavy (non-hydrogen) atoms. The minimum atomic E-state index is -3.76. The molecule has 4 rings (SSSR count). The number of piperazine rings is 1. The van der Waals surface area contributed by atoms with Crippen molar-refractivity contribution in [3.05, 3.63) is 53.7 Å². The van der Waals surface area contributed by atoms with E-state index in [9.17, 15) is 8.42 Å². The van der Waals surface area contributed by atoms with Gasteiger partial charge < -0.3 is 19.9 Å². The van der Waals surface area contributed by atoms with Gasteiger partial charge in [-0.05, 0) is 30.3 Å². The molecular formula is C19H21ClN4O2S. The third-order valence-electron chi connectivity index (χ3n) is 4.81. The number of fused-ring (bicyclic) bond motifs is 1. The summed E-state index contributed by atoms with van der Waals surface area (Å²) in [7, 11) is -2.00. The molecule has 1 aliphatic heterocycles. The van der Waals surface area contributed by atoms with Gasteiger partial charge in [0.15, 0.2) is 0 Å². The van der Waals surface area contributed by atoms with Crippen molar-refractivity contribution >= 4 is 38.5 Å². The topological polar surface area (TPSA) is 65.8 Å². The van der Waals surface area contributed by atoms with Gasteiger partial charge in [0.1, 0.15) is 10.7 Å². The summed E-state index contributed by atoms with van der Waals surface area (Å²) in [5.41, 5.74) is 1.26. The van der Waals surface area contributed by atoms with E-state index in [1.807, 2.05) is 28.8 Å². The van der Waals surface area contributed by atoms with Crippen molar-refractivity contribution in [3.8, 4) is 0 Å². The number of anilines is 2. The lowest BCUT2D eigenvalue weighted by atomic mass is 10.3. The zero-order valence-electron chi connectivity index (χ0n) is 14.9. The predicted molar refractivity (Wildman–Crippen MR) is 109 cm³/mol. The van der Waals surface area contributed by atoms with E-state index < -0.39 is 9.84 Å². The van der Waals surface area contributed by atoms with Gasteiger partial charge in [0, 0.05) is 44.4 Å². The summed E-state index contributed by atoms with van der Waals surface area (Å²) in [5.74, 6) is 0.871. The van der Waals surface area contributed by atoms with Crippen LogP contribution in [0.15, 0.2) is 58.5 Å². The molecule has 2 aromatic heterocycles. The van der Waals surface area contributed by atoms with Crippen molar-refractivity contribution in [1.82, 2.24) is 9.72 Å². The fourth-order valence-electron chi connectivity index (χ4n) is 3.60. The molecular weight excluding hydrogens is 384 g/mol. The van der Waals surface area contributed by atoms with Gasteiger partial charge in [0.2, 0.25) is 9.84 Å². The van der Waals surface area contributed by atoms with Gasteiger partial charge in [-0.15, -0.1) is 0 Å². The average Bonchev–Trinajstić information content (AvgIpc) is 3.03. The second-order valence-electron chi connectivity index (χ2n) is 6.43.